The second kappa shape index (κ2) is 6.97. The van der Waals surface area contributed by atoms with E-state index >= 15 is 0 Å². The minimum absolute atomic E-state index is 0.00450. The lowest BCUT2D eigenvalue weighted by Gasteiger charge is -2.40. The second-order valence-electron chi connectivity index (χ2n) is 8.65. The lowest BCUT2D eigenvalue weighted by atomic mass is 9.70. The number of ketones is 1. The number of carbonyl (C=O) groups is 2. The van der Waals surface area contributed by atoms with Crippen molar-refractivity contribution in [3.05, 3.63) is 65.6 Å². The van der Waals surface area contributed by atoms with Crippen molar-refractivity contribution in [2.75, 3.05) is 4.90 Å². The predicted octanol–water partition coefficient (Wildman–Crippen LogP) is 3.78. The number of fused-ring (bicyclic) bond motifs is 1. The van der Waals surface area contributed by atoms with Gasteiger partial charge in [0.15, 0.2) is 11.5 Å². The van der Waals surface area contributed by atoms with Crippen molar-refractivity contribution in [1.82, 2.24) is 4.98 Å². The molecule has 1 aliphatic carbocycles. The molecule has 2 aliphatic heterocycles. The number of Topliss-reactive ketones (excluding diaryl/α,β-unsaturated/α-hetero) is 1. The van der Waals surface area contributed by atoms with Crippen LogP contribution in [0.15, 0.2) is 60.0 Å². The smallest absolute Gasteiger partial charge is 0.295 e. The summed E-state index contributed by atoms with van der Waals surface area (Å²) in [5.41, 5.74) is 1.16. The van der Waals surface area contributed by atoms with Gasteiger partial charge in [0.2, 0.25) is 0 Å². The minimum Gasteiger partial charge on any atom is -0.508 e. The number of pyridine rings is 1. The van der Waals surface area contributed by atoms with Crippen LogP contribution in [0.2, 0.25) is 0 Å². The van der Waals surface area contributed by atoms with Gasteiger partial charge in [-0.3, -0.25) is 14.5 Å². The highest BCUT2D eigenvalue weighted by Gasteiger charge is 2.54. The van der Waals surface area contributed by atoms with E-state index in [1.165, 1.54) is 0 Å². The first-order chi connectivity index (χ1) is 14.5. The molecule has 1 N–H and O–H groups in total. The molecule has 3 heterocycles. The number of hydrogen-bond acceptors (Lipinski definition) is 5. The number of aromatic hydroxyl groups is 1. The molecule has 0 radical (unpaired) electrons. The third-order valence-electron chi connectivity index (χ3n) is 6.82. The molecule has 0 spiro atoms. The molecule has 0 bridgehead atoms. The zero-order valence-corrected chi connectivity index (χ0v) is 17.0. The molecule has 6 nitrogen and oxygen atoms in total. The minimum atomic E-state index is -0.619. The lowest BCUT2D eigenvalue weighted by molar-refractivity contribution is -0.134. The number of nitrogens with zero attached hydrogens (tertiary/aromatic N) is 2. The van der Waals surface area contributed by atoms with Crippen LogP contribution in [0.4, 0.5) is 5.82 Å². The Hall–Kier alpha value is -3.15. The summed E-state index contributed by atoms with van der Waals surface area (Å²) in [5, 5.41) is 9.73. The van der Waals surface area contributed by atoms with Crippen LogP contribution in [-0.4, -0.2) is 27.9 Å². The fourth-order valence-corrected chi connectivity index (χ4v) is 4.97. The van der Waals surface area contributed by atoms with Crippen LogP contribution >= 0.6 is 0 Å². The van der Waals surface area contributed by atoms with E-state index < -0.39 is 6.04 Å². The lowest BCUT2D eigenvalue weighted by Crippen LogP contribution is -2.43. The Morgan fingerprint density at radius 2 is 1.77 bits per heavy atom. The van der Waals surface area contributed by atoms with Crippen molar-refractivity contribution in [2.24, 2.45) is 17.8 Å². The van der Waals surface area contributed by atoms with E-state index in [-0.39, 0.29) is 35.2 Å². The summed E-state index contributed by atoms with van der Waals surface area (Å²) >= 11 is 0. The summed E-state index contributed by atoms with van der Waals surface area (Å²) in [6, 6.07) is 11.3. The Labute approximate surface area is 175 Å². The number of aromatic nitrogens is 1. The molecule has 6 heteroatoms. The molecule has 1 aromatic heterocycles. The fraction of sp³-hybridized carbons (Fsp3) is 0.375. The van der Waals surface area contributed by atoms with Crippen LogP contribution in [0.25, 0.3) is 0 Å². The molecule has 0 saturated heterocycles. The van der Waals surface area contributed by atoms with Gasteiger partial charge in [-0.15, -0.1) is 0 Å². The van der Waals surface area contributed by atoms with Crippen molar-refractivity contribution >= 4 is 17.5 Å². The number of anilines is 1. The van der Waals surface area contributed by atoms with E-state index in [2.05, 4.69) is 18.8 Å². The third-order valence-corrected chi connectivity index (χ3v) is 6.82. The number of hydrogen-bond donors (Lipinski definition) is 1. The van der Waals surface area contributed by atoms with Gasteiger partial charge >= 0.3 is 0 Å². The molecule has 5 unspecified atom stereocenters. The standard InChI is InChI=1S/C24H24N2O4/c1-13-11-17-18(12-14(13)2)30-23-20(22(17)28)21(15-6-8-16(27)9-7-15)26(24(23)29)19-5-3-4-10-25-19/h3-10,13-14,17-18,21,27H,11-12H2,1-2H3. The molecule has 5 atom stereocenters. The molecule has 1 fully saturated rings. The van der Waals surface area contributed by atoms with E-state index in [0.29, 0.717) is 23.2 Å². The number of rotatable bonds is 2. The molecular weight excluding hydrogens is 380 g/mol. The quantitative estimate of drug-likeness (QED) is 0.824. The topological polar surface area (TPSA) is 79.7 Å². The largest absolute Gasteiger partial charge is 0.508 e. The molecule has 1 saturated carbocycles. The summed E-state index contributed by atoms with van der Waals surface area (Å²) in [6.45, 7) is 4.35. The summed E-state index contributed by atoms with van der Waals surface area (Å²) in [6.07, 6.45) is 2.91. The number of phenols is 1. The highest BCUT2D eigenvalue weighted by molar-refractivity contribution is 6.17. The Morgan fingerprint density at radius 3 is 2.47 bits per heavy atom. The maximum atomic E-state index is 13.7. The maximum absolute atomic E-state index is 13.7. The van der Waals surface area contributed by atoms with Gasteiger partial charge in [-0.05, 0) is 54.5 Å². The Bertz CT molecular complexity index is 1030. The van der Waals surface area contributed by atoms with E-state index in [1.807, 2.05) is 6.07 Å². The number of carbonyl (C=O) groups excluding carboxylic acids is 2. The van der Waals surface area contributed by atoms with Crippen LogP contribution in [0.3, 0.4) is 0 Å². The molecule has 154 valence electrons. The van der Waals surface area contributed by atoms with Gasteiger partial charge < -0.3 is 9.84 Å². The average Bonchev–Trinajstić information content (AvgIpc) is 3.04. The molecule has 30 heavy (non-hydrogen) atoms. The first-order valence-corrected chi connectivity index (χ1v) is 10.4. The summed E-state index contributed by atoms with van der Waals surface area (Å²) in [4.78, 5) is 33.0. The van der Waals surface area contributed by atoms with Crippen LogP contribution in [0.1, 0.15) is 38.3 Å². The Kier molecular flexibility index (Phi) is 4.38. The zero-order valence-electron chi connectivity index (χ0n) is 17.0. The first-order valence-electron chi connectivity index (χ1n) is 10.4. The average molecular weight is 404 g/mol. The van der Waals surface area contributed by atoms with Gasteiger partial charge in [0.1, 0.15) is 17.7 Å². The molecule has 5 rings (SSSR count). The summed E-state index contributed by atoms with van der Waals surface area (Å²) < 4.78 is 6.23. The van der Waals surface area contributed by atoms with Crippen LogP contribution < -0.4 is 4.90 Å². The van der Waals surface area contributed by atoms with E-state index in [9.17, 15) is 14.7 Å². The van der Waals surface area contributed by atoms with Crippen molar-refractivity contribution in [2.45, 2.75) is 38.8 Å². The number of ether oxygens (including phenoxy) is 1. The normalized spacial score (nSPS) is 30.7. The molecule has 2 aromatic rings. The fourth-order valence-electron chi connectivity index (χ4n) is 4.97. The molecule has 1 amide bonds. The van der Waals surface area contributed by atoms with Crippen LogP contribution in [0, 0.1) is 17.8 Å². The van der Waals surface area contributed by atoms with Crippen LogP contribution in [0.5, 0.6) is 5.75 Å². The van der Waals surface area contributed by atoms with Gasteiger partial charge in [-0.2, -0.15) is 0 Å². The summed E-state index contributed by atoms with van der Waals surface area (Å²) in [5.74, 6) is 1.07. The van der Waals surface area contributed by atoms with Crippen molar-refractivity contribution in [3.63, 3.8) is 0 Å². The molecular formula is C24H24N2O4. The van der Waals surface area contributed by atoms with E-state index in [4.69, 9.17) is 4.74 Å². The zero-order chi connectivity index (χ0) is 21.0. The number of amides is 1. The van der Waals surface area contributed by atoms with Crippen molar-refractivity contribution in [3.8, 4) is 5.75 Å². The second-order valence-corrected chi connectivity index (χ2v) is 8.65. The van der Waals surface area contributed by atoms with Gasteiger partial charge in [-0.25, -0.2) is 4.98 Å². The van der Waals surface area contributed by atoms with Gasteiger partial charge in [0.25, 0.3) is 5.91 Å². The van der Waals surface area contributed by atoms with Crippen molar-refractivity contribution < 1.29 is 19.4 Å². The first kappa shape index (κ1) is 18.9. The maximum Gasteiger partial charge on any atom is 0.295 e. The van der Waals surface area contributed by atoms with E-state index in [1.54, 1.807) is 47.5 Å². The third kappa shape index (κ3) is 2.82. The molecule has 3 aliphatic rings. The monoisotopic (exact) mass is 404 g/mol. The predicted molar refractivity (Wildman–Crippen MR) is 111 cm³/mol. The highest BCUT2D eigenvalue weighted by atomic mass is 16.5. The molecule has 1 aromatic carbocycles. The van der Waals surface area contributed by atoms with E-state index in [0.717, 1.165) is 18.4 Å². The van der Waals surface area contributed by atoms with Gasteiger partial charge in [-0.1, -0.05) is 32.0 Å². The van der Waals surface area contributed by atoms with Crippen molar-refractivity contribution in [1.29, 1.82) is 0 Å². The van der Waals surface area contributed by atoms with Gasteiger partial charge in [0, 0.05) is 6.20 Å². The Balaban J connectivity index is 1.63. The highest BCUT2D eigenvalue weighted by Crippen LogP contribution is 2.49. The SMILES string of the molecule is CC1CC2OC3=C(C(=O)C2CC1C)C(c1ccc(O)cc1)N(c1ccccn1)C3=O. The number of phenolic OH excluding ortho intramolecular Hbond substituents is 1. The Morgan fingerprint density at radius 1 is 1.03 bits per heavy atom. The summed E-state index contributed by atoms with van der Waals surface area (Å²) in [7, 11) is 0. The van der Waals surface area contributed by atoms with Gasteiger partial charge in [0.05, 0.1) is 17.5 Å². The number of benzene rings is 1. The van der Waals surface area contributed by atoms with Crippen LogP contribution in [-0.2, 0) is 14.3 Å².